The fourth-order valence-corrected chi connectivity index (χ4v) is 1.29. The van der Waals surface area contributed by atoms with E-state index in [0.29, 0.717) is 12.0 Å². The number of rotatable bonds is 4. The average Bonchev–Trinajstić information content (AvgIpc) is 2.25. The maximum absolute atomic E-state index is 13.3. The summed E-state index contributed by atoms with van der Waals surface area (Å²) >= 11 is 0. The summed E-state index contributed by atoms with van der Waals surface area (Å²) in [5.74, 6) is 7.56. The summed E-state index contributed by atoms with van der Waals surface area (Å²) in [6, 6.07) is 4.39. The summed E-state index contributed by atoms with van der Waals surface area (Å²) in [5.41, 5.74) is 3.24. The molecule has 0 aromatic heterocycles. The largest absolute Gasteiger partial charge is 0.494 e. The predicted molar refractivity (Wildman–Crippen MR) is 56.5 cm³/mol. The first-order chi connectivity index (χ1) is 7.22. The van der Waals surface area contributed by atoms with Crippen LogP contribution in [0.2, 0.25) is 0 Å². The van der Waals surface area contributed by atoms with Crippen molar-refractivity contribution in [2.75, 3.05) is 7.11 Å². The molecule has 1 atom stereocenters. The highest BCUT2D eigenvalue weighted by Crippen LogP contribution is 2.22. The molecule has 0 aliphatic heterocycles. The van der Waals surface area contributed by atoms with Crippen molar-refractivity contribution in [2.45, 2.75) is 12.5 Å². The zero-order valence-electron chi connectivity index (χ0n) is 8.46. The Balaban J connectivity index is 2.95. The number of terminal acetylenes is 1. The monoisotopic (exact) mass is 208 g/mol. The lowest BCUT2D eigenvalue weighted by Gasteiger charge is -2.14. The van der Waals surface area contributed by atoms with Gasteiger partial charge in [0.1, 0.15) is 0 Å². The molecular weight excluding hydrogens is 195 g/mol. The summed E-state index contributed by atoms with van der Waals surface area (Å²) in [4.78, 5) is 0. The van der Waals surface area contributed by atoms with Crippen molar-refractivity contribution in [3.63, 3.8) is 0 Å². The Labute approximate surface area is 88.4 Å². The van der Waals surface area contributed by atoms with Gasteiger partial charge in [0.25, 0.3) is 0 Å². The summed E-state index contributed by atoms with van der Waals surface area (Å²) in [7, 11) is 1.41. The molecule has 0 aliphatic carbocycles. The molecule has 0 spiro atoms. The Morgan fingerprint density at radius 3 is 2.87 bits per heavy atom. The van der Waals surface area contributed by atoms with E-state index in [1.165, 1.54) is 13.2 Å². The van der Waals surface area contributed by atoms with Crippen LogP contribution in [-0.2, 0) is 0 Å². The number of ether oxygens (including phenoxy) is 1. The molecule has 0 radical (unpaired) electrons. The molecule has 0 fully saturated rings. The van der Waals surface area contributed by atoms with Crippen LogP contribution < -0.4 is 16.0 Å². The van der Waals surface area contributed by atoms with Gasteiger partial charge in [0.2, 0.25) is 0 Å². The van der Waals surface area contributed by atoms with Crippen molar-refractivity contribution in [1.29, 1.82) is 0 Å². The molecule has 15 heavy (non-hydrogen) atoms. The van der Waals surface area contributed by atoms with E-state index in [0.717, 1.165) is 0 Å². The highest BCUT2D eigenvalue weighted by Gasteiger charge is 2.11. The SMILES string of the molecule is C#CCC(NN)c1ccc(OC)c(F)c1. The van der Waals surface area contributed by atoms with Crippen LogP contribution >= 0.6 is 0 Å². The first-order valence-corrected chi connectivity index (χ1v) is 4.46. The van der Waals surface area contributed by atoms with Crippen molar-refractivity contribution in [3.8, 4) is 18.1 Å². The lowest BCUT2D eigenvalue weighted by Crippen LogP contribution is -2.27. The molecule has 1 rings (SSSR count). The van der Waals surface area contributed by atoms with E-state index in [-0.39, 0.29) is 11.8 Å². The van der Waals surface area contributed by atoms with Gasteiger partial charge in [0.15, 0.2) is 11.6 Å². The van der Waals surface area contributed by atoms with Gasteiger partial charge in [0, 0.05) is 6.42 Å². The molecule has 3 nitrogen and oxygen atoms in total. The van der Waals surface area contributed by atoms with Crippen LogP contribution in [0.15, 0.2) is 18.2 Å². The second-order valence-electron chi connectivity index (χ2n) is 3.02. The minimum Gasteiger partial charge on any atom is -0.494 e. The van der Waals surface area contributed by atoms with Crippen molar-refractivity contribution in [2.24, 2.45) is 5.84 Å². The molecular formula is C11H13FN2O. The number of methoxy groups -OCH3 is 1. The van der Waals surface area contributed by atoms with E-state index in [9.17, 15) is 4.39 Å². The third kappa shape index (κ3) is 2.69. The van der Waals surface area contributed by atoms with Crippen molar-refractivity contribution < 1.29 is 9.13 Å². The van der Waals surface area contributed by atoms with Crippen LogP contribution in [0.4, 0.5) is 4.39 Å². The maximum atomic E-state index is 13.3. The van der Waals surface area contributed by atoms with Crippen molar-refractivity contribution >= 4 is 0 Å². The predicted octanol–water partition coefficient (Wildman–Crippen LogP) is 1.36. The molecule has 0 saturated carbocycles. The first kappa shape index (κ1) is 11.5. The lowest BCUT2D eigenvalue weighted by atomic mass is 10.0. The number of hydrogen-bond donors (Lipinski definition) is 2. The van der Waals surface area contributed by atoms with Crippen LogP contribution in [0.5, 0.6) is 5.75 Å². The molecule has 0 heterocycles. The van der Waals surface area contributed by atoms with E-state index in [2.05, 4.69) is 11.3 Å². The second-order valence-corrected chi connectivity index (χ2v) is 3.02. The average molecular weight is 208 g/mol. The summed E-state index contributed by atoms with van der Waals surface area (Å²) in [6.07, 6.45) is 5.58. The van der Waals surface area contributed by atoms with Gasteiger partial charge in [-0.25, -0.2) is 4.39 Å². The minimum absolute atomic E-state index is 0.204. The zero-order valence-corrected chi connectivity index (χ0v) is 8.46. The molecule has 1 aromatic rings. The van der Waals surface area contributed by atoms with Gasteiger partial charge < -0.3 is 4.74 Å². The normalized spacial score (nSPS) is 11.9. The van der Waals surface area contributed by atoms with Crippen molar-refractivity contribution in [1.82, 2.24) is 5.43 Å². The fourth-order valence-electron chi connectivity index (χ4n) is 1.29. The summed E-state index contributed by atoms with van der Waals surface area (Å²) in [5, 5.41) is 0. The smallest absolute Gasteiger partial charge is 0.165 e. The third-order valence-corrected chi connectivity index (χ3v) is 2.10. The highest BCUT2D eigenvalue weighted by atomic mass is 19.1. The van der Waals surface area contributed by atoms with Gasteiger partial charge in [0.05, 0.1) is 13.2 Å². The van der Waals surface area contributed by atoms with Gasteiger partial charge in [-0.3, -0.25) is 11.3 Å². The van der Waals surface area contributed by atoms with Gasteiger partial charge >= 0.3 is 0 Å². The number of hydrogen-bond acceptors (Lipinski definition) is 3. The van der Waals surface area contributed by atoms with E-state index < -0.39 is 5.82 Å². The number of hydrazine groups is 1. The Morgan fingerprint density at radius 1 is 1.67 bits per heavy atom. The van der Waals surface area contributed by atoms with Crippen LogP contribution in [0.3, 0.4) is 0 Å². The summed E-state index contributed by atoms with van der Waals surface area (Å²) < 4.78 is 18.1. The highest BCUT2D eigenvalue weighted by molar-refractivity contribution is 5.31. The number of nitrogens with two attached hydrogens (primary N) is 1. The fraction of sp³-hybridized carbons (Fsp3) is 0.273. The van der Waals surface area contributed by atoms with Gasteiger partial charge in [-0.2, -0.15) is 0 Å². The zero-order chi connectivity index (χ0) is 11.3. The number of benzene rings is 1. The van der Waals surface area contributed by atoms with E-state index in [4.69, 9.17) is 17.0 Å². The molecule has 0 amide bonds. The lowest BCUT2D eigenvalue weighted by molar-refractivity contribution is 0.385. The van der Waals surface area contributed by atoms with Crippen LogP contribution in [0, 0.1) is 18.2 Å². The van der Waals surface area contributed by atoms with Crippen LogP contribution in [0.25, 0.3) is 0 Å². The van der Waals surface area contributed by atoms with Gasteiger partial charge in [-0.1, -0.05) is 6.07 Å². The Bertz CT molecular complexity index is 373. The standard InChI is InChI=1S/C11H13FN2O/c1-3-4-10(14-13)8-5-6-11(15-2)9(12)7-8/h1,5-7,10,14H,4,13H2,2H3. The number of halogens is 1. The molecule has 1 aromatic carbocycles. The Hall–Kier alpha value is -1.57. The van der Waals surface area contributed by atoms with E-state index in [1.54, 1.807) is 12.1 Å². The van der Waals surface area contributed by atoms with Crippen molar-refractivity contribution in [3.05, 3.63) is 29.6 Å². The molecule has 0 bridgehead atoms. The summed E-state index contributed by atoms with van der Waals surface area (Å²) in [6.45, 7) is 0. The van der Waals surface area contributed by atoms with Crippen LogP contribution in [0.1, 0.15) is 18.0 Å². The molecule has 0 saturated heterocycles. The van der Waals surface area contributed by atoms with Gasteiger partial charge in [-0.05, 0) is 17.7 Å². The molecule has 0 aliphatic rings. The first-order valence-electron chi connectivity index (χ1n) is 4.46. The maximum Gasteiger partial charge on any atom is 0.165 e. The second kappa shape index (κ2) is 5.35. The molecule has 3 N–H and O–H groups in total. The Morgan fingerprint density at radius 2 is 2.40 bits per heavy atom. The third-order valence-electron chi connectivity index (χ3n) is 2.10. The van der Waals surface area contributed by atoms with E-state index in [1.807, 2.05) is 0 Å². The Kier molecular flexibility index (Phi) is 4.10. The molecule has 4 heteroatoms. The molecule has 1 unspecified atom stereocenters. The quantitative estimate of drug-likeness (QED) is 0.446. The number of nitrogens with one attached hydrogen (secondary N) is 1. The van der Waals surface area contributed by atoms with Crippen LogP contribution in [-0.4, -0.2) is 7.11 Å². The van der Waals surface area contributed by atoms with E-state index >= 15 is 0 Å². The molecule has 80 valence electrons. The van der Waals surface area contributed by atoms with Gasteiger partial charge in [-0.15, -0.1) is 12.3 Å². The minimum atomic E-state index is -0.424. The topological polar surface area (TPSA) is 47.3 Å².